The molecule has 0 spiro atoms. The Morgan fingerprint density at radius 3 is 2.56 bits per heavy atom. The number of rotatable bonds is 3. The Hall–Kier alpha value is -1.59. The van der Waals surface area contributed by atoms with Gasteiger partial charge in [-0.25, -0.2) is 15.8 Å². The maximum absolute atomic E-state index is 5.37. The standard InChI is InChI=1S/C11H12N4S/c1-16-11-13-9(7-10(14-11)15-12)8-5-3-2-4-6-8/h2-7H,12H2,1H3,(H,13,14,15). The minimum atomic E-state index is 0.623. The van der Waals surface area contributed by atoms with Crippen molar-refractivity contribution in [3.63, 3.8) is 0 Å². The fourth-order valence-corrected chi connectivity index (χ4v) is 1.73. The van der Waals surface area contributed by atoms with Crippen molar-refractivity contribution in [3.8, 4) is 11.3 Å². The second kappa shape index (κ2) is 4.96. The van der Waals surface area contributed by atoms with Crippen LogP contribution in [0.15, 0.2) is 41.6 Å². The van der Waals surface area contributed by atoms with Crippen LogP contribution in [0, 0.1) is 0 Å². The van der Waals surface area contributed by atoms with Crippen molar-refractivity contribution in [3.05, 3.63) is 36.4 Å². The first-order valence-corrected chi connectivity index (χ1v) is 6.01. The Kier molecular flexibility index (Phi) is 3.38. The summed E-state index contributed by atoms with van der Waals surface area (Å²) in [6.45, 7) is 0. The molecule has 1 heterocycles. The number of nitrogens with one attached hydrogen (secondary N) is 1. The molecule has 0 aliphatic carbocycles. The zero-order valence-corrected chi connectivity index (χ0v) is 9.66. The number of hydrogen-bond acceptors (Lipinski definition) is 5. The predicted molar refractivity (Wildman–Crippen MR) is 67.1 cm³/mol. The number of hydrogen-bond donors (Lipinski definition) is 2. The lowest BCUT2D eigenvalue weighted by Crippen LogP contribution is -2.09. The van der Waals surface area contributed by atoms with Gasteiger partial charge in [-0.15, -0.1) is 0 Å². The van der Waals surface area contributed by atoms with E-state index in [4.69, 9.17) is 5.84 Å². The maximum Gasteiger partial charge on any atom is 0.189 e. The Balaban J connectivity index is 2.48. The molecule has 0 atom stereocenters. The van der Waals surface area contributed by atoms with E-state index in [1.807, 2.05) is 42.7 Å². The van der Waals surface area contributed by atoms with Gasteiger partial charge in [0.2, 0.25) is 0 Å². The summed E-state index contributed by atoms with van der Waals surface area (Å²) in [5.41, 5.74) is 4.47. The summed E-state index contributed by atoms with van der Waals surface area (Å²) < 4.78 is 0. The van der Waals surface area contributed by atoms with Crippen molar-refractivity contribution in [1.82, 2.24) is 9.97 Å². The van der Waals surface area contributed by atoms with Gasteiger partial charge >= 0.3 is 0 Å². The van der Waals surface area contributed by atoms with Crippen molar-refractivity contribution in [2.75, 3.05) is 11.7 Å². The lowest BCUT2D eigenvalue weighted by atomic mass is 10.1. The average molecular weight is 232 g/mol. The molecule has 1 aromatic heterocycles. The van der Waals surface area contributed by atoms with Crippen LogP contribution in [-0.4, -0.2) is 16.2 Å². The lowest BCUT2D eigenvalue weighted by molar-refractivity contribution is 0.972. The van der Waals surface area contributed by atoms with Gasteiger partial charge in [0, 0.05) is 11.6 Å². The molecule has 16 heavy (non-hydrogen) atoms. The molecule has 5 heteroatoms. The molecule has 82 valence electrons. The molecule has 0 amide bonds. The van der Waals surface area contributed by atoms with E-state index in [1.165, 1.54) is 11.8 Å². The van der Waals surface area contributed by atoms with E-state index >= 15 is 0 Å². The highest BCUT2D eigenvalue weighted by Crippen LogP contribution is 2.21. The van der Waals surface area contributed by atoms with Crippen molar-refractivity contribution in [2.24, 2.45) is 5.84 Å². The largest absolute Gasteiger partial charge is 0.308 e. The van der Waals surface area contributed by atoms with Crippen LogP contribution in [0.4, 0.5) is 5.82 Å². The van der Waals surface area contributed by atoms with Crippen LogP contribution in [0.3, 0.4) is 0 Å². The highest BCUT2D eigenvalue weighted by Gasteiger charge is 2.04. The fraction of sp³-hybridized carbons (Fsp3) is 0.0909. The molecule has 0 saturated carbocycles. The Morgan fingerprint density at radius 2 is 1.94 bits per heavy atom. The third kappa shape index (κ3) is 2.32. The smallest absolute Gasteiger partial charge is 0.189 e. The SMILES string of the molecule is CSc1nc(NN)cc(-c2ccccc2)n1. The molecule has 2 aromatic rings. The normalized spacial score (nSPS) is 10.1. The van der Waals surface area contributed by atoms with Crippen LogP contribution in [0.25, 0.3) is 11.3 Å². The molecule has 0 radical (unpaired) electrons. The van der Waals surface area contributed by atoms with Crippen LogP contribution in [0.1, 0.15) is 0 Å². The first-order chi connectivity index (χ1) is 7.83. The number of thioether (sulfide) groups is 1. The van der Waals surface area contributed by atoms with Crippen molar-refractivity contribution < 1.29 is 0 Å². The van der Waals surface area contributed by atoms with E-state index in [2.05, 4.69) is 15.4 Å². The quantitative estimate of drug-likeness (QED) is 0.367. The minimum absolute atomic E-state index is 0.623. The van der Waals surface area contributed by atoms with Gasteiger partial charge in [-0.3, -0.25) is 0 Å². The van der Waals surface area contributed by atoms with Gasteiger partial charge in [-0.1, -0.05) is 42.1 Å². The number of benzene rings is 1. The Morgan fingerprint density at radius 1 is 1.19 bits per heavy atom. The molecular weight excluding hydrogens is 220 g/mol. The number of nitrogens with zero attached hydrogens (tertiary/aromatic N) is 2. The van der Waals surface area contributed by atoms with Crippen LogP contribution in [-0.2, 0) is 0 Å². The van der Waals surface area contributed by atoms with Gasteiger partial charge < -0.3 is 5.43 Å². The third-order valence-corrected chi connectivity index (χ3v) is 2.65. The number of aromatic nitrogens is 2. The molecule has 3 N–H and O–H groups in total. The molecule has 1 aromatic carbocycles. The average Bonchev–Trinajstić information content (AvgIpc) is 2.39. The monoisotopic (exact) mass is 232 g/mol. The zero-order valence-electron chi connectivity index (χ0n) is 8.84. The van der Waals surface area contributed by atoms with Crippen molar-refractivity contribution >= 4 is 17.6 Å². The van der Waals surface area contributed by atoms with E-state index in [0.29, 0.717) is 11.0 Å². The van der Waals surface area contributed by atoms with Gasteiger partial charge in [0.1, 0.15) is 5.82 Å². The van der Waals surface area contributed by atoms with Gasteiger partial charge in [0.25, 0.3) is 0 Å². The number of nitrogens with two attached hydrogens (primary N) is 1. The zero-order chi connectivity index (χ0) is 11.4. The Labute approximate surface area is 98.3 Å². The molecule has 2 rings (SSSR count). The second-order valence-corrected chi connectivity index (χ2v) is 3.91. The van der Waals surface area contributed by atoms with E-state index in [0.717, 1.165) is 11.3 Å². The first-order valence-electron chi connectivity index (χ1n) is 4.78. The van der Waals surface area contributed by atoms with Gasteiger partial charge in [0.05, 0.1) is 5.69 Å². The van der Waals surface area contributed by atoms with Gasteiger partial charge in [-0.2, -0.15) is 0 Å². The first kappa shape index (κ1) is 10.9. The summed E-state index contributed by atoms with van der Waals surface area (Å²) in [5, 5.41) is 0.703. The maximum atomic E-state index is 5.37. The second-order valence-electron chi connectivity index (χ2n) is 3.14. The van der Waals surface area contributed by atoms with Crippen LogP contribution in [0.5, 0.6) is 0 Å². The highest BCUT2D eigenvalue weighted by atomic mass is 32.2. The molecule has 0 fully saturated rings. The molecule has 0 saturated heterocycles. The molecule has 0 unspecified atom stereocenters. The van der Waals surface area contributed by atoms with Crippen LogP contribution < -0.4 is 11.3 Å². The Bertz CT molecular complexity index is 450. The van der Waals surface area contributed by atoms with E-state index in [1.54, 1.807) is 0 Å². The fourth-order valence-electron chi connectivity index (χ4n) is 1.35. The molecule has 0 aliphatic rings. The van der Waals surface area contributed by atoms with Crippen molar-refractivity contribution in [2.45, 2.75) is 5.16 Å². The predicted octanol–water partition coefficient (Wildman–Crippen LogP) is 2.15. The summed E-state index contributed by atoms with van der Waals surface area (Å²) in [6.07, 6.45) is 1.93. The molecule has 4 nitrogen and oxygen atoms in total. The van der Waals surface area contributed by atoms with Crippen LogP contribution >= 0.6 is 11.8 Å². The van der Waals surface area contributed by atoms with E-state index < -0.39 is 0 Å². The summed E-state index contributed by atoms with van der Waals surface area (Å²) in [6, 6.07) is 11.8. The van der Waals surface area contributed by atoms with Crippen molar-refractivity contribution in [1.29, 1.82) is 0 Å². The topological polar surface area (TPSA) is 63.8 Å². The van der Waals surface area contributed by atoms with Gasteiger partial charge in [0.15, 0.2) is 5.16 Å². The number of nitrogen functional groups attached to an aromatic ring is 1. The highest BCUT2D eigenvalue weighted by molar-refractivity contribution is 7.98. The molecular formula is C11H12N4S. The third-order valence-electron chi connectivity index (χ3n) is 2.11. The molecule has 0 aliphatic heterocycles. The van der Waals surface area contributed by atoms with Crippen LogP contribution in [0.2, 0.25) is 0 Å². The summed E-state index contributed by atoms with van der Waals surface area (Å²) in [5.74, 6) is 5.99. The van der Waals surface area contributed by atoms with E-state index in [-0.39, 0.29) is 0 Å². The number of anilines is 1. The summed E-state index contributed by atoms with van der Waals surface area (Å²) >= 11 is 1.49. The van der Waals surface area contributed by atoms with Gasteiger partial charge in [-0.05, 0) is 6.26 Å². The number of hydrazine groups is 1. The van der Waals surface area contributed by atoms with E-state index in [9.17, 15) is 0 Å². The lowest BCUT2D eigenvalue weighted by Gasteiger charge is -2.05. The minimum Gasteiger partial charge on any atom is -0.308 e. The summed E-state index contributed by atoms with van der Waals surface area (Å²) in [4.78, 5) is 8.64. The summed E-state index contributed by atoms with van der Waals surface area (Å²) in [7, 11) is 0. The molecule has 0 bridgehead atoms.